The number of aryl methyl sites for hydroxylation is 1. The summed E-state index contributed by atoms with van der Waals surface area (Å²) < 4.78 is 19.6. The van der Waals surface area contributed by atoms with Gasteiger partial charge in [-0.05, 0) is 51.4 Å². The van der Waals surface area contributed by atoms with Crippen molar-refractivity contribution in [2.24, 2.45) is 7.05 Å². The topological polar surface area (TPSA) is 45.5 Å². The van der Waals surface area contributed by atoms with Gasteiger partial charge in [0.05, 0.1) is 16.9 Å². The fourth-order valence-electron chi connectivity index (χ4n) is 2.40. The van der Waals surface area contributed by atoms with Crippen LogP contribution in [-0.2, 0) is 23.0 Å². The molecule has 3 rings (SSSR count). The average molecular weight is 314 g/mol. The van der Waals surface area contributed by atoms with Crippen molar-refractivity contribution in [1.82, 2.24) is 9.78 Å². The second-order valence-corrected chi connectivity index (χ2v) is 6.93. The molecule has 1 fully saturated rings. The molecule has 122 valence electrons. The van der Waals surface area contributed by atoms with Crippen LogP contribution in [0.25, 0.3) is 0 Å². The highest BCUT2D eigenvalue weighted by molar-refractivity contribution is 6.62. The van der Waals surface area contributed by atoms with Crippen molar-refractivity contribution in [2.45, 2.75) is 45.5 Å². The molecule has 2 heterocycles. The number of hydrogen-bond donors (Lipinski definition) is 0. The predicted octanol–water partition coefficient (Wildman–Crippen LogP) is 2.30. The SMILES string of the molecule is Cn1ccc(COc2ccc(B3OC(C)(C)C(C)(C)O3)cc2)n1. The largest absolute Gasteiger partial charge is 0.494 e. The third-order valence-corrected chi connectivity index (χ3v) is 4.56. The highest BCUT2D eigenvalue weighted by atomic mass is 16.7. The Kier molecular flexibility index (Phi) is 3.98. The molecular weight excluding hydrogens is 291 g/mol. The predicted molar refractivity (Wildman–Crippen MR) is 89.7 cm³/mol. The fourth-order valence-corrected chi connectivity index (χ4v) is 2.40. The molecule has 6 heteroatoms. The molecule has 0 spiro atoms. The van der Waals surface area contributed by atoms with Crippen molar-refractivity contribution in [3.8, 4) is 5.75 Å². The van der Waals surface area contributed by atoms with E-state index < -0.39 is 0 Å². The van der Waals surface area contributed by atoms with Crippen LogP contribution in [0.15, 0.2) is 36.5 Å². The van der Waals surface area contributed by atoms with Gasteiger partial charge in [0.1, 0.15) is 12.4 Å². The minimum atomic E-state index is -0.343. The van der Waals surface area contributed by atoms with Gasteiger partial charge in [-0.2, -0.15) is 5.10 Å². The minimum absolute atomic E-state index is 0.328. The van der Waals surface area contributed by atoms with Gasteiger partial charge in [0, 0.05) is 13.2 Å². The van der Waals surface area contributed by atoms with Gasteiger partial charge in [-0.3, -0.25) is 4.68 Å². The summed E-state index contributed by atoms with van der Waals surface area (Å²) in [7, 11) is 1.55. The van der Waals surface area contributed by atoms with Crippen molar-refractivity contribution in [3.63, 3.8) is 0 Å². The van der Waals surface area contributed by atoms with Crippen molar-refractivity contribution in [2.75, 3.05) is 0 Å². The zero-order valence-corrected chi connectivity index (χ0v) is 14.4. The first-order valence-corrected chi connectivity index (χ1v) is 7.84. The molecule has 23 heavy (non-hydrogen) atoms. The van der Waals surface area contributed by atoms with Crippen LogP contribution in [0.3, 0.4) is 0 Å². The molecule has 1 aromatic carbocycles. The Bertz CT molecular complexity index is 663. The monoisotopic (exact) mass is 314 g/mol. The van der Waals surface area contributed by atoms with Crippen molar-refractivity contribution < 1.29 is 14.0 Å². The van der Waals surface area contributed by atoms with E-state index in [1.807, 2.05) is 43.6 Å². The minimum Gasteiger partial charge on any atom is -0.487 e. The maximum absolute atomic E-state index is 6.05. The number of rotatable bonds is 4. The molecule has 0 amide bonds. The van der Waals surface area contributed by atoms with Crippen LogP contribution in [0.5, 0.6) is 5.75 Å². The lowest BCUT2D eigenvalue weighted by molar-refractivity contribution is 0.00578. The second-order valence-electron chi connectivity index (χ2n) is 6.93. The Hall–Kier alpha value is -1.79. The van der Waals surface area contributed by atoms with Crippen LogP contribution in [0.4, 0.5) is 0 Å². The number of nitrogens with zero attached hydrogens (tertiary/aromatic N) is 2. The Morgan fingerprint density at radius 2 is 1.65 bits per heavy atom. The molecule has 0 bridgehead atoms. The van der Waals surface area contributed by atoms with E-state index in [2.05, 4.69) is 32.8 Å². The number of aromatic nitrogens is 2. The van der Waals surface area contributed by atoms with E-state index in [0.717, 1.165) is 16.9 Å². The highest BCUT2D eigenvalue weighted by Gasteiger charge is 2.51. The van der Waals surface area contributed by atoms with Gasteiger partial charge in [-0.1, -0.05) is 12.1 Å². The van der Waals surface area contributed by atoms with Crippen molar-refractivity contribution >= 4 is 12.6 Å². The summed E-state index contributed by atoms with van der Waals surface area (Å²) in [4.78, 5) is 0. The molecule has 0 unspecified atom stereocenters. The van der Waals surface area contributed by atoms with Gasteiger partial charge >= 0.3 is 7.12 Å². The molecule has 1 saturated heterocycles. The molecule has 1 aliphatic heterocycles. The zero-order valence-electron chi connectivity index (χ0n) is 14.4. The first-order chi connectivity index (χ1) is 10.8. The van der Waals surface area contributed by atoms with Gasteiger partial charge in [-0.25, -0.2) is 0 Å². The summed E-state index contributed by atoms with van der Waals surface area (Å²) in [5.74, 6) is 0.802. The Morgan fingerprint density at radius 3 is 2.17 bits per heavy atom. The third-order valence-electron chi connectivity index (χ3n) is 4.56. The lowest BCUT2D eigenvalue weighted by Gasteiger charge is -2.32. The lowest BCUT2D eigenvalue weighted by atomic mass is 9.79. The van der Waals surface area contributed by atoms with E-state index >= 15 is 0 Å². The fraction of sp³-hybridized carbons (Fsp3) is 0.471. The summed E-state index contributed by atoms with van der Waals surface area (Å²) in [6.45, 7) is 8.67. The van der Waals surface area contributed by atoms with Crippen LogP contribution < -0.4 is 10.2 Å². The van der Waals surface area contributed by atoms with Gasteiger partial charge in [0.25, 0.3) is 0 Å². The van der Waals surface area contributed by atoms with Gasteiger partial charge in [0.15, 0.2) is 0 Å². The number of hydrogen-bond acceptors (Lipinski definition) is 4. The summed E-state index contributed by atoms with van der Waals surface area (Å²) in [6, 6.07) is 9.77. The van der Waals surface area contributed by atoms with E-state index in [1.165, 1.54) is 0 Å². The lowest BCUT2D eigenvalue weighted by Crippen LogP contribution is -2.41. The zero-order chi connectivity index (χ0) is 16.7. The molecule has 1 aliphatic rings. The maximum atomic E-state index is 6.05. The molecule has 0 radical (unpaired) electrons. The molecule has 0 aliphatic carbocycles. The van der Waals surface area contributed by atoms with Crippen LogP contribution >= 0.6 is 0 Å². The van der Waals surface area contributed by atoms with Gasteiger partial charge in [0.2, 0.25) is 0 Å². The van der Waals surface area contributed by atoms with Crippen LogP contribution in [0.2, 0.25) is 0 Å². The summed E-state index contributed by atoms with van der Waals surface area (Å²) in [6.07, 6.45) is 1.90. The Balaban J connectivity index is 1.64. The normalized spacial score (nSPS) is 19.1. The highest BCUT2D eigenvalue weighted by Crippen LogP contribution is 2.36. The first kappa shape index (κ1) is 16.1. The molecule has 0 atom stereocenters. The Morgan fingerprint density at radius 1 is 1.04 bits per heavy atom. The first-order valence-electron chi connectivity index (χ1n) is 7.84. The average Bonchev–Trinajstić information content (AvgIpc) is 2.98. The number of benzene rings is 1. The van der Waals surface area contributed by atoms with Crippen molar-refractivity contribution in [1.29, 1.82) is 0 Å². The molecule has 0 N–H and O–H groups in total. The Labute approximate surface area is 137 Å². The second kappa shape index (κ2) is 5.69. The van der Waals surface area contributed by atoms with E-state index in [0.29, 0.717) is 6.61 Å². The standard InChI is InChI=1S/C17H23BN2O3/c1-16(2)17(3,4)23-18(22-16)13-6-8-15(9-7-13)21-12-14-10-11-20(5)19-14/h6-11H,12H2,1-5H3. The van der Waals surface area contributed by atoms with E-state index in [1.54, 1.807) is 4.68 Å². The maximum Gasteiger partial charge on any atom is 0.494 e. The molecule has 0 saturated carbocycles. The van der Waals surface area contributed by atoms with Crippen LogP contribution in [0.1, 0.15) is 33.4 Å². The van der Waals surface area contributed by atoms with Gasteiger partial charge < -0.3 is 14.0 Å². The summed E-state index contributed by atoms with van der Waals surface area (Å²) >= 11 is 0. The summed E-state index contributed by atoms with van der Waals surface area (Å²) in [5.41, 5.74) is 1.24. The van der Waals surface area contributed by atoms with Crippen molar-refractivity contribution in [3.05, 3.63) is 42.2 Å². The van der Waals surface area contributed by atoms with Gasteiger partial charge in [-0.15, -0.1) is 0 Å². The molecule has 5 nitrogen and oxygen atoms in total. The van der Waals surface area contributed by atoms with Crippen LogP contribution in [-0.4, -0.2) is 28.1 Å². The van der Waals surface area contributed by atoms with E-state index in [-0.39, 0.29) is 18.3 Å². The summed E-state index contributed by atoms with van der Waals surface area (Å²) in [5, 5.41) is 4.29. The quantitative estimate of drug-likeness (QED) is 0.813. The van der Waals surface area contributed by atoms with Crippen LogP contribution in [0, 0.1) is 0 Å². The molecule has 1 aromatic heterocycles. The molecular formula is C17H23BN2O3. The third kappa shape index (κ3) is 3.28. The molecule has 2 aromatic rings. The van der Waals surface area contributed by atoms with E-state index in [4.69, 9.17) is 14.0 Å². The number of ether oxygens (including phenoxy) is 1. The van der Waals surface area contributed by atoms with E-state index in [9.17, 15) is 0 Å². The smallest absolute Gasteiger partial charge is 0.487 e.